The second-order valence-corrected chi connectivity index (χ2v) is 8.23. The average Bonchev–Trinajstić information content (AvgIpc) is 3.63. The predicted molar refractivity (Wildman–Crippen MR) is 129 cm³/mol. The highest BCUT2D eigenvalue weighted by Gasteiger charge is 2.38. The maximum Gasteiger partial charge on any atom is 0.490 e. The summed E-state index contributed by atoms with van der Waals surface area (Å²) in [6.45, 7) is 4.16. The van der Waals surface area contributed by atoms with Crippen LogP contribution in [0.4, 0.5) is 19.0 Å². The molecule has 4 aromatic rings. The Kier molecular flexibility index (Phi) is 7.57. The van der Waals surface area contributed by atoms with E-state index in [0.717, 1.165) is 25.1 Å². The lowest BCUT2D eigenvalue weighted by Gasteiger charge is -2.14. The fourth-order valence-electron chi connectivity index (χ4n) is 4.00. The summed E-state index contributed by atoms with van der Waals surface area (Å²) in [6, 6.07) is 9.83. The Labute approximate surface area is 213 Å². The number of carbonyl (C=O) groups is 2. The average molecular weight is 532 g/mol. The number of carboxylic acid groups (broad SMARTS) is 1. The van der Waals surface area contributed by atoms with Gasteiger partial charge >= 0.3 is 12.1 Å². The number of rotatable bonds is 5. The molecule has 0 aliphatic carbocycles. The zero-order valence-corrected chi connectivity index (χ0v) is 20.0. The first-order valence-electron chi connectivity index (χ1n) is 11.5. The molecule has 1 atom stereocenters. The SMILES string of the molecule is CCn1c(-c2nonc2N)nc2c(-c3ccccc3)ncc(C(=O)NC3CCNC3)c21.O=C(O)C(F)(F)F. The van der Waals surface area contributed by atoms with Crippen molar-refractivity contribution in [2.45, 2.75) is 32.1 Å². The quantitative estimate of drug-likeness (QED) is 0.299. The lowest BCUT2D eigenvalue weighted by atomic mass is 10.1. The number of fused-ring (bicyclic) bond motifs is 1. The van der Waals surface area contributed by atoms with Crippen LogP contribution < -0.4 is 16.4 Å². The molecule has 15 heteroatoms. The molecular formula is C23H23F3N8O4. The Hall–Kier alpha value is -4.53. The number of halogens is 3. The van der Waals surface area contributed by atoms with Crippen LogP contribution in [0.25, 0.3) is 33.8 Å². The van der Waals surface area contributed by atoms with E-state index in [2.05, 4.69) is 25.9 Å². The first-order chi connectivity index (χ1) is 18.1. The number of nitrogen functional groups attached to an aromatic ring is 1. The van der Waals surface area contributed by atoms with Gasteiger partial charge in [-0.1, -0.05) is 30.3 Å². The molecule has 1 unspecified atom stereocenters. The third-order valence-electron chi connectivity index (χ3n) is 5.74. The highest BCUT2D eigenvalue weighted by Crippen LogP contribution is 2.33. The van der Waals surface area contributed by atoms with E-state index in [4.69, 9.17) is 25.2 Å². The summed E-state index contributed by atoms with van der Waals surface area (Å²) >= 11 is 0. The topological polar surface area (TPSA) is 174 Å². The maximum absolute atomic E-state index is 13.2. The number of nitrogens with one attached hydrogen (secondary N) is 2. The van der Waals surface area contributed by atoms with Crippen molar-refractivity contribution in [3.05, 3.63) is 42.1 Å². The Morgan fingerprint density at radius 3 is 2.50 bits per heavy atom. The van der Waals surface area contributed by atoms with Gasteiger partial charge in [-0.3, -0.25) is 9.78 Å². The summed E-state index contributed by atoms with van der Waals surface area (Å²) in [5.74, 6) is -2.31. The van der Waals surface area contributed by atoms with Crippen LogP contribution in [-0.4, -0.2) is 67.1 Å². The number of anilines is 1. The van der Waals surface area contributed by atoms with E-state index in [-0.39, 0.29) is 17.8 Å². The van der Waals surface area contributed by atoms with Crippen LogP contribution in [0, 0.1) is 0 Å². The van der Waals surface area contributed by atoms with Crippen molar-refractivity contribution in [1.82, 2.24) is 35.5 Å². The lowest BCUT2D eigenvalue weighted by molar-refractivity contribution is -0.192. The van der Waals surface area contributed by atoms with Crippen LogP contribution in [0.15, 0.2) is 41.2 Å². The lowest BCUT2D eigenvalue weighted by Crippen LogP contribution is -2.36. The third kappa shape index (κ3) is 5.41. The number of aliphatic carboxylic acids is 1. The van der Waals surface area contributed by atoms with Gasteiger partial charge in [0.15, 0.2) is 17.3 Å². The minimum absolute atomic E-state index is 0.0872. The monoisotopic (exact) mass is 532 g/mol. The largest absolute Gasteiger partial charge is 0.490 e. The molecule has 1 fully saturated rings. The van der Waals surface area contributed by atoms with Gasteiger partial charge in [-0.05, 0) is 30.2 Å². The fraction of sp³-hybridized carbons (Fsp3) is 0.304. The highest BCUT2D eigenvalue weighted by atomic mass is 19.4. The summed E-state index contributed by atoms with van der Waals surface area (Å²) in [6.07, 6.45) is -2.58. The van der Waals surface area contributed by atoms with E-state index in [9.17, 15) is 18.0 Å². The van der Waals surface area contributed by atoms with Crippen molar-refractivity contribution in [3.8, 4) is 22.8 Å². The van der Waals surface area contributed by atoms with Crippen molar-refractivity contribution >= 4 is 28.7 Å². The normalized spacial score (nSPS) is 15.2. The summed E-state index contributed by atoms with van der Waals surface area (Å²) in [4.78, 5) is 31.5. The van der Waals surface area contributed by atoms with E-state index in [1.165, 1.54) is 0 Å². The van der Waals surface area contributed by atoms with Crippen LogP contribution in [0.2, 0.25) is 0 Å². The van der Waals surface area contributed by atoms with Crippen molar-refractivity contribution in [2.24, 2.45) is 0 Å². The van der Waals surface area contributed by atoms with Gasteiger partial charge in [0.1, 0.15) is 5.52 Å². The number of alkyl halides is 3. The molecule has 12 nitrogen and oxygen atoms in total. The van der Waals surface area contributed by atoms with Crippen LogP contribution >= 0.6 is 0 Å². The van der Waals surface area contributed by atoms with Gasteiger partial charge in [-0.15, -0.1) is 0 Å². The smallest absolute Gasteiger partial charge is 0.475 e. The Bertz CT molecular complexity index is 1450. The molecule has 5 rings (SSSR count). The van der Waals surface area contributed by atoms with E-state index in [1.807, 2.05) is 41.8 Å². The first-order valence-corrected chi connectivity index (χ1v) is 11.5. The van der Waals surface area contributed by atoms with Gasteiger partial charge in [-0.2, -0.15) is 13.2 Å². The number of aromatic nitrogens is 5. The number of nitrogens with two attached hydrogens (primary N) is 1. The van der Waals surface area contributed by atoms with Gasteiger partial charge in [0, 0.05) is 30.9 Å². The number of hydrogen-bond acceptors (Lipinski definition) is 9. The molecule has 0 radical (unpaired) electrons. The molecule has 0 saturated carbocycles. The molecule has 5 N–H and O–H groups in total. The van der Waals surface area contributed by atoms with E-state index >= 15 is 0 Å². The first kappa shape index (κ1) is 26.5. The third-order valence-corrected chi connectivity index (χ3v) is 5.74. The van der Waals surface area contributed by atoms with E-state index < -0.39 is 12.1 Å². The summed E-state index contributed by atoms with van der Waals surface area (Å²) in [5.41, 5.74) is 9.60. The van der Waals surface area contributed by atoms with Crippen LogP contribution in [0.3, 0.4) is 0 Å². The molecule has 200 valence electrons. The molecule has 1 aromatic carbocycles. The Balaban J connectivity index is 0.000000426. The fourth-order valence-corrected chi connectivity index (χ4v) is 4.00. The van der Waals surface area contributed by atoms with Crippen molar-refractivity contribution < 1.29 is 32.5 Å². The highest BCUT2D eigenvalue weighted by molar-refractivity contribution is 6.08. The molecule has 38 heavy (non-hydrogen) atoms. The van der Waals surface area contributed by atoms with Crippen molar-refractivity contribution in [2.75, 3.05) is 18.8 Å². The Morgan fingerprint density at radius 1 is 1.24 bits per heavy atom. The zero-order valence-electron chi connectivity index (χ0n) is 20.0. The molecule has 1 amide bonds. The summed E-state index contributed by atoms with van der Waals surface area (Å²) in [7, 11) is 0. The second-order valence-electron chi connectivity index (χ2n) is 8.23. The number of pyridine rings is 1. The molecule has 4 heterocycles. The number of aryl methyl sites for hydroxylation is 1. The van der Waals surface area contributed by atoms with Gasteiger partial charge in [0.05, 0.1) is 16.8 Å². The number of hydrogen-bond donors (Lipinski definition) is 4. The summed E-state index contributed by atoms with van der Waals surface area (Å²) in [5, 5.41) is 21.1. The summed E-state index contributed by atoms with van der Waals surface area (Å²) < 4.78 is 38.4. The van der Waals surface area contributed by atoms with Crippen molar-refractivity contribution in [3.63, 3.8) is 0 Å². The number of imidazole rings is 1. The van der Waals surface area contributed by atoms with Gasteiger partial charge in [-0.25, -0.2) is 14.4 Å². The van der Waals surface area contributed by atoms with Crippen LogP contribution in [0.1, 0.15) is 23.7 Å². The van der Waals surface area contributed by atoms with E-state index in [1.54, 1.807) is 6.20 Å². The molecule has 0 bridgehead atoms. The molecule has 0 spiro atoms. The standard InChI is InChI=1S/C21H22N8O2.C2HF3O2/c1-2-29-18-14(21(30)25-13-8-9-23-10-13)11-24-15(12-6-4-3-5-7-12)16(18)26-20(29)17-19(22)28-31-27-17;3-2(4,5)1(6)7/h3-7,11,13,23H,2,8-10H2,1H3,(H2,22,28)(H,25,30);(H,6,7). The minimum atomic E-state index is -5.08. The number of carbonyl (C=O) groups excluding carboxylic acids is 1. The number of carboxylic acids is 1. The molecule has 1 saturated heterocycles. The van der Waals surface area contributed by atoms with Crippen LogP contribution in [0.5, 0.6) is 0 Å². The second kappa shape index (κ2) is 10.8. The molecule has 1 aliphatic heterocycles. The van der Waals surface area contributed by atoms with Gasteiger partial charge in [0.25, 0.3) is 5.91 Å². The molecular weight excluding hydrogens is 509 g/mol. The van der Waals surface area contributed by atoms with Crippen LogP contribution in [-0.2, 0) is 11.3 Å². The predicted octanol–water partition coefficient (Wildman–Crippen LogP) is 2.48. The van der Waals surface area contributed by atoms with Gasteiger partial charge < -0.3 is 26.0 Å². The minimum Gasteiger partial charge on any atom is -0.475 e. The molecule has 3 aromatic heterocycles. The molecule has 1 aliphatic rings. The van der Waals surface area contributed by atoms with E-state index in [0.29, 0.717) is 40.4 Å². The van der Waals surface area contributed by atoms with Crippen molar-refractivity contribution in [1.29, 1.82) is 0 Å². The number of amides is 1. The zero-order chi connectivity index (χ0) is 27.4. The van der Waals surface area contributed by atoms with Gasteiger partial charge in [0.2, 0.25) is 0 Å². The number of benzene rings is 1. The number of nitrogens with zero attached hydrogens (tertiary/aromatic N) is 5. The maximum atomic E-state index is 13.2. The Morgan fingerprint density at radius 2 is 1.95 bits per heavy atom.